The van der Waals surface area contributed by atoms with Crippen molar-refractivity contribution >= 4 is 23.4 Å². The van der Waals surface area contributed by atoms with Crippen LogP contribution < -0.4 is 0 Å². The second-order valence-corrected chi connectivity index (χ2v) is 5.54. The Bertz CT molecular complexity index is 700. The number of non-ortho nitro benzene ring substituents is 1. The van der Waals surface area contributed by atoms with Gasteiger partial charge in [0.15, 0.2) is 0 Å². The largest absolute Gasteiger partial charge is 0.478 e. The number of carbonyl (C=O) groups is 1. The van der Waals surface area contributed by atoms with E-state index in [4.69, 9.17) is 0 Å². The summed E-state index contributed by atoms with van der Waals surface area (Å²) in [5.74, 6) is -0.495. The van der Waals surface area contributed by atoms with E-state index >= 15 is 0 Å². The van der Waals surface area contributed by atoms with Crippen molar-refractivity contribution in [3.8, 4) is 0 Å². The van der Waals surface area contributed by atoms with Gasteiger partial charge in [-0.3, -0.25) is 10.1 Å². The molecule has 0 unspecified atom stereocenters. The van der Waals surface area contributed by atoms with Gasteiger partial charge >= 0.3 is 5.97 Å². The van der Waals surface area contributed by atoms with Crippen molar-refractivity contribution in [3.05, 3.63) is 69.3 Å². The summed E-state index contributed by atoms with van der Waals surface area (Å²) in [5.41, 5.74) is 1.96. The molecule has 0 atom stereocenters. The molecule has 21 heavy (non-hydrogen) atoms. The first-order chi connectivity index (χ1) is 9.97. The zero-order valence-electron chi connectivity index (χ0n) is 11.3. The molecule has 0 aliphatic rings. The van der Waals surface area contributed by atoms with Crippen LogP contribution in [0.25, 0.3) is 0 Å². The Balaban J connectivity index is 2.18. The van der Waals surface area contributed by atoms with Crippen LogP contribution in [-0.2, 0) is 5.75 Å². The number of aryl methyl sites for hydroxylation is 1. The Morgan fingerprint density at radius 2 is 2.05 bits per heavy atom. The van der Waals surface area contributed by atoms with Crippen LogP contribution in [0.15, 0.2) is 47.4 Å². The average Bonchev–Trinajstić information content (AvgIpc) is 2.46. The van der Waals surface area contributed by atoms with Crippen LogP contribution in [-0.4, -0.2) is 16.0 Å². The summed E-state index contributed by atoms with van der Waals surface area (Å²) in [6.45, 7) is 1.83. The van der Waals surface area contributed by atoms with E-state index < -0.39 is 10.9 Å². The molecule has 0 saturated carbocycles. The normalized spacial score (nSPS) is 10.3. The van der Waals surface area contributed by atoms with Gasteiger partial charge in [-0.05, 0) is 24.6 Å². The molecule has 2 rings (SSSR count). The fraction of sp³-hybridized carbons (Fsp3) is 0.133. The molecule has 6 heteroatoms. The van der Waals surface area contributed by atoms with E-state index in [9.17, 15) is 20.0 Å². The van der Waals surface area contributed by atoms with E-state index in [1.807, 2.05) is 13.0 Å². The number of aromatic carboxylic acids is 1. The van der Waals surface area contributed by atoms with Crippen molar-refractivity contribution < 1.29 is 14.8 Å². The SMILES string of the molecule is Cc1ccc(SCc2cccc([N+](=O)[O-])c2)c(C(=O)O)c1. The molecule has 1 N–H and O–H groups in total. The molecular formula is C15H13NO4S. The zero-order valence-corrected chi connectivity index (χ0v) is 12.1. The molecule has 108 valence electrons. The van der Waals surface area contributed by atoms with Gasteiger partial charge in [0.25, 0.3) is 5.69 Å². The fourth-order valence-electron chi connectivity index (χ4n) is 1.86. The quantitative estimate of drug-likeness (QED) is 0.515. The van der Waals surface area contributed by atoms with Crippen molar-refractivity contribution in [1.29, 1.82) is 0 Å². The lowest BCUT2D eigenvalue weighted by atomic mass is 10.1. The maximum Gasteiger partial charge on any atom is 0.336 e. The first-order valence-corrected chi connectivity index (χ1v) is 7.16. The minimum Gasteiger partial charge on any atom is -0.478 e. The summed E-state index contributed by atoms with van der Waals surface area (Å²) in [6, 6.07) is 11.6. The van der Waals surface area contributed by atoms with Crippen molar-refractivity contribution in [2.45, 2.75) is 17.6 Å². The van der Waals surface area contributed by atoms with Crippen molar-refractivity contribution in [3.63, 3.8) is 0 Å². The topological polar surface area (TPSA) is 80.4 Å². The Morgan fingerprint density at radius 1 is 1.29 bits per heavy atom. The maximum absolute atomic E-state index is 11.2. The predicted octanol–water partition coefficient (Wildman–Crippen LogP) is 3.89. The van der Waals surface area contributed by atoms with Crippen LogP contribution in [0, 0.1) is 17.0 Å². The molecule has 0 fully saturated rings. The van der Waals surface area contributed by atoms with Gasteiger partial charge in [-0.15, -0.1) is 11.8 Å². The lowest BCUT2D eigenvalue weighted by molar-refractivity contribution is -0.384. The lowest BCUT2D eigenvalue weighted by Gasteiger charge is -2.07. The van der Waals surface area contributed by atoms with Crippen LogP contribution in [0.1, 0.15) is 21.5 Å². The smallest absolute Gasteiger partial charge is 0.336 e. The number of hydrogen-bond acceptors (Lipinski definition) is 4. The molecule has 2 aromatic carbocycles. The summed E-state index contributed by atoms with van der Waals surface area (Å²) in [5, 5.41) is 19.9. The average molecular weight is 303 g/mol. The Labute approximate surface area is 125 Å². The van der Waals surface area contributed by atoms with Crippen LogP contribution in [0.4, 0.5) is 5.69 Å². The summed E-state index contributed by atoms with van der Waals surface area (Å²) in [7, 11) is 0. The standard InChI is InChI=1S/C15H13NO4S/c1-10-5-6-14(13(7-10)15(17)18)21-9-11-3-2-4-12(8-11)16(19)20/h2-8H,9H2,1H3,(H,17,18). The Kier molecular flexibility index (Phi) is 4.59. The summed E-state index contributed by atoms with van der Waals surface area (Å²) < 4.78 is 0. The van der Waals surface area contributed by atoms with Gasteiger partial charge < -0.3 is 5.11 Å². The van der Waals surface area contributed by atoms with E-state index in [1.54, 1.807) is 24.3 Å². The van der Waals surface area contributed by atoms with Gasteiger partial charge in [-0.1, -0.05) is 23.8 Å². The second-order valence-electron chi connectivity index (χ2n) is 4.52. The fourth-order valence-corrected chi connectivity index (χ4v) is 2.83. The molecule has 0 radical (unpaired) electrons. The Hall–Kier alpha value is -2.34. The van der Waals surface area contributed by atoms with Crippen LogP contribution in [0.3, 0.4) is 0 Å². The first-order valence-electron chi connectivity index (χ1n) is 6.17. The van der Waals surface area contributed by atoms with E-state index in [2.05, 4.69) is 0 Å². The van der Waals surface area contributed by atoms with E-state index in [-0.39, 0.29) is 11.3 Å². The highest BCUT2D eigenvalue weighted by Crippen LogP contribution is 2.28. The third-order valence-electron chi connectivity index (χ3n) is 2.88. The number of carboxylic acids is 1. The van der Waals surface area contributed by atoms with Crippen molar-refractivity contribution in [2.75, 3.05) is 0 Å². The molecule has 0 aromatic heterocycles. The first kappa shape index (κ1) is 15.1. The van der Waals surface area contributed by atoms with Gasteiger partial charge in [-0.2, -0.15) is 0 Å². The van der Waals surface area contributed by atoms with Gasteiger partial charge in [0, 0.05) is 22.8 Å². The zero-order chi connectivity index (χ0) is 15.4. The minimum absolute atomic E-state index is 0.0375. The van der Waals surface area contributed by atoms with Gasteiger partial charge in [-0.25, -0.2) is 4.79 Å². The second kappa shape index (κ2) is 6.41. The summed E-state index contributed by atoms with van der Waals surface area (Å²) in [6.07, 6.45) is 0. The van der Waals surface area contributed by atoms with E-state index in [0.29, 0.717) is 10.6 Å². The number of nitro benzene ring substituents is 1. The molecule has 2 aromatic rings. The molecule has 0 spiro atoms. The number of rotatable bonds is 5. The molecule has 0 saturated heterocycles. The number of thioether (sulfide) groups is 1. The van der Waals surface area contributed by atoms with Gasteiger partial charge in [0.05, 0.1) is 10.5 Å². The van der Waals surface area contributed by atoms with Gasteiger partial charge in [0.1, 0.15) is 0 Å². The minimum atomic E-state index is -0.972. The number of nitrogens with zero attached hydrogens (tertiary/aromatic N) is 1. The van der Waals surface area contributed by atoms with Crippen LogP contribution in [0.2, 0.25) is 0 Å². The highest BCUT2D eigenvalue weighted by molar-refractivity contribution is 7.98. The summed E-state index contributed by atoms with van der Waals surface area (Å²) >= 11 is 1.35. The Morgan fingerprint density at radius 3 is 2.71 bits per heavy atom. The highest BCUT2D eigenvalue weighted by atomic mass is 32.2. The molecule has 0 aliphatic heterocycles. The monoisotopic (exact) mass is 303 g/mol. The number of nitro groups is 1. The van der Waals surface area contributed by atoms with Crippen LogP contribution in [0.5, 0.6) is 0 Å². The molecule has 0 aliphatic carbocycles. The van der Waals surface area contributed by atoms with Crippen LogP contribution >= 0.6 is 11.8 Å². The van der Waals surface area contributed by atoms with Crippen molar-refractivity contribution in [1.82, 2.24) is 0 Å². The highest BCUT2D eigenvalue weighted by Gasteiger charge is 2.12. The molecule has 0 amide bonds. The van der Waals surface area contributed by atoms with E-state index in [0.717, 1.165) is 11.1 Å². The third-order valence-corrected chi connectivity index (χ3v) is 4.03. The molecule has 0 heterocycles. The molecule has 0 bridgehead atoms. The summed E-state index contributed by atoms with van der Waals surface area (Å²) in [4.78, 5) is 22.2. The van der Waals surface area contributed by atoms with Crippen molar-refractivity contribution in [2.24, 2.45) is 0 Å². The third kappa shape index (κ3) is 3.82. The maximum atomic E-state index is 11.2. The van der Waals surface area contributed by atoms with Gasteiger partial charge in [0.2, 0.25) is 0 Å². The predicted molar refractivity (Wildman–Crippen MR) is 80.8 cm³/mol. The molecule has 5 nitrogen and oxygen atoms in total. The molecular weight excluding hydrogens is 290 g/mol. The number of benzene rings is 2. The number of hydrogen-bond donors (Lipinski definition) is 1. The van der Waals surface area contributed by atoms with E-state index in [1.165, 1.54) is 23.9 Å². The number of carboxylic acid groups (broad SMARTS) is 1. The lowest BCUT2D eigenvalue weighted by Crippen LogP contribution is -1.99.